The fourth-order valence-corrected chi connectivity index (χ4v) is 3.17. The van der Waals surface area contributed by atoms with E-state index < -0.39 is 0 Å². The highest BCUT2D eigenvalue weighted by atomic mass is 32.2. The Morgan fingerprint density at radius 3 is 2.70 bits per heavy atom. The van der Waals surface area contributed by atoms with Crippen molar-refractivity contribution in [2.75, 3.05) is 11.1 Å². The van der Waals surface area contributed by atoms with Crippen molar-refractivity contribution < 1.29 is 9.59 Å². The third-order valence-electron chi connectivity index (χ3n) is 2.98. The summed E-state index contributed by atoms with van der Waals surface area (Å²) in [7, 11) is 0. The Morgan fingerprint density at radius 2 is 2.00 bits per heavy atom. The minimum absolute atomic E-state index is 0.0464. The van der Waals surface area contributed by atoms with Gasteiger partial charge in [0, 0.05) is 11.7 Å². The number of para-hydroxylation sites is 1. The van der Waals surface area contributed by atoms with Gasteiger partial charge in [0.25, 0.3) is 5.91 Å². The molecule has 0 fully saturated rings. The molecule has 2 amide bonds. The van der Waals surface area contributed by atoms with Gasteiger partial charge in [0.15, 0.2) is 4.34 Å². The molecule has 1 atom stereocenters. The number of rotatable bonds is 7. The molecule has 0 aliphatic heterocycles. The van der Waals surface area contributed by atoms with E-state index in [-0.39, 0.29) is 28.6 Å². The second kappa shape index (κ2) is 8.64. The van der Waals surface area contributed by atoms with Gasteiger partial charge in [0.2, 0.25) is 10.9 Å². The maximum absolute atomic E-state index is 12.1. The smallest absolute Gasteiger partial charge is 0.286 e. The van der Waals surface area contributed by atoms with Gasteiger partial charge in [-0.3, -0.25) is 9.59 Å². The summed E-state index contributed by atoms with van der Waals surface area (Å²) >= 11 is 2.45. The van der Waals surface area contributed by atoms with Crippen LogP contribution in [0.5, 0.6) is 0 Å². The number of amides is 2. The van der Waals surface area contributed by atoms with E-state index in [2.05, 4.69) is 20.8 Å². The summed E-state index contributed by atoms with van der Waals surface area (Å²) in [6, 6.07) is 9.31. The van der Waals surface area contributed by atoms with Crippen molar-refractivity contribution in [3.63, 3.8) is 0 Å². The van der Waals surface area contributed by atoms with Gasteiger partial charge < -0.3 is 10.6 Å². The highest BCUT2D eigenvalue weighted by Gasteiger charge is 2.14. The molecule has 122 valence electrons. The van der Waals surface area contributed by atoms with Crippen LogP contribution < -0.4 is 10.6 Å². The predicted octanol–water partition coefficient (Wildman–Crippen LogP) is 2.80. The van der Waals surface area contributed by atoms with E-state index in [1.54, 1.807) is 12.1 Å². The molecule has 0 radical (unpaired) electrons. The van der Waals surface area contributed by atoms with Gasteiger partial charge in [0.05, 0.1) is 5.75 Å². The SMILES string of the molecule is CC[C@@H](C)NC(=O)CSc1nnc(C(=O)Nc2ccccc2)s1. The third kappa shape index (κ3) is 5.65. The molecule has 2 rings (SSSR count). The first kappa shape index (κ1) is 17.4. The van der Waals surface area contributed by atoms with Crippen molar-refractivity contribution in [1.82, 2.24) is 15.5 Å². The van der Waals surface area contributed by atoms with Gasteiger partial charge in [0.1, 0.15) is 0 Å². The van der Waals surface area contributed by atoms with Crippen LogP contribution in [-0.4, -0.2) is 33.8 Å². The number of hydrogen-bond donors (Lipinski definition) is 2. The Labute approximate surface area is 143 Å². The highest BCUT2D eigenvalue weighted by Crippen LogP contribution is 2.22. The predicted molar refractivity (Wildman–Crippen MR) is 92.9 cm³/mol. The molecule has 8 heteroatoms. The lowest BCUT2D eigenvalue weighted by atomic mass is 10.3. The maximum Gasteiger partial charge on any atom is 0.286 e. The van der Waals surface area contributed by atoms with Crippen molar-refractivity contribution in [1.29, 1.82) is 0 Å². The first-order chi connectivity index (χ1) is 11.1. The Kier molecular flexibility index (Phi) is 6.54. The molecule has 6 nitrogen and oxygen atoms in total. The van der Waals surface area contributed by atoms with Gasteiger partial charge in [-0.1, -0.05) is 48.2 Å². The van der Waals surface area contributed by atoms with Crippen LogP contribution in [0, 0.1) is 0 Å². The zero-order chi connectivity index (χ0) is 16.7. The van der Waals surface area contributed by atoms with E-state index in [1.165, 1.54) is 23.1 Å². The molecule has 1 aromatic carbocycles. The lowest BCUT2D eigenvalue weighted by Gasteiger charge is -2.09. The van der Waals surface area contributed by atoms with Crippen molar-refractivity contribution >= 4 is 40.6 Å². The summed E-state index contributed by atoms with van der Waals surface area (Å²) in [6.07, 6.45) is 0.888. The van der Waals surface area contributed by atoms with Crippen LogP contribution in [0.4, 0.5) is 5.69 Å². The standard InChI is InChI=1S/C15H18N4O2S2/c1-3-10(2)16-12(20)9-22-15-19-18-14(23-15)13(21)17-11-7-5-4-6-8-11/h4-8,10H,3,9H2,1-2H3,(H,16,20)(H,17,21)/t10-/m1/s1. The molecule has 0 saturated carbocycles. The van der Waals surface area contributed by atoms with Crippen LogP contribution in [-0.2, 0) is 4.79 Å². The van der Waals surface area contributed by atoms with Crippen molar-refractivity contribution in [3.8, 4) is 0 Å². The summed E-state index contributed by atoms with van der Waals surface area (Å²) in [6.45, 7) is 3.97. The lowest BCUT2D eigenvalue weighted by Crippen LogP contribution is -2.33. The van der Waals surface area contributed by atoms with Crippen LogP contribution in [0.3, 0.4) is 0 Å². The molecule has 0 aliphatic carbocycles. The highest BCUT2D eigenvalue weighted by molar-refractivity contribution is 8.01. The van der Waals surface area contributed by atoms with E-state index in [0.717, 1.165) is 6.42 Å². The largest absolute Gasteiger partial charge is 0.353 e. The molecule has 1 heterocycles. The summed E-state index contributed by atoms with van der Waals surface area (Å²) in [5.41, 5.74) is 0.704. The Balaban J connectivity index is 1.85. The zero-order valence-electron chi connectivity index (χ0n) is 12.9. The minimum Gasteiger partial charge on any atom is -0.353 e. The van der Waals surface area contributed by atoms with Crippen molar-refractivity contribution in [3.05, 3.63) is 35.3 Å². The van der Waals surface area contributed by atoms with Crippen molar-refractivity contribution in [2.24, 2.45) is 0 Å². The molecule has 1 aromatic heterocycles. The fourth-order valence-electron chi connectivity index (χ4n) is 1.61. The molecule has 2 N–H and O–H groups in total. The summed E-state index contributed by atoms with van der Waals surface area (Å²) in [5.74, 6) is -0.0846. The van der Waals surface area contributed by atoms with Gasteiger partial charge in [-0.25, -0.2) is 0 Å². The summed E-state index contributed by atoms with van der Waals surface area (Å²) in [5, 5.41) is 13.7. The molecular formula is C15H18N4O2S2. The van der Waals surface area contributed by atoms with E-state index in [4.69, 9.17) is 0 Å². The molecule has 0 spiro atoms. The average molecular weight is 350 g/mol. The number of aromatic nitrogens is 2. The Bertz CT molecular complexity index is 661. The normalized spacial score (nSPS) is 11.7. The zero-order valence-corrected chi connectivity index (χ0v) is 14.5. The third-order valence-corrected chi connectivity index (χ3v) is 5.03. The van der Waals surface area contributed by atoms with Gasteiger partial charge in [-0.2, -0.15) is 0 Å². The molecule has 2 aromatic rings. The first-order valence-electron chi connectivity index (χ1n) is 7.20. The number of nitrogens with one attached hydrogen (secondary N) is 2. The summed E-state index contributed by atoms with van der Waals surface area (Å²) in [4.78, 5) is 23.8. The number of carbonyl (C=O) groups excluding carboxylic acids is 2. The fraction of sp³-hybridized carbons (Fsp3) is 0.333. The number of benzene rings is 1. The van der Waals surface area contributed by atoms with E-state index in [1.807, 2.05) is 32.0 Å². The topological polar surface area (TPSA) is 84.0 Å². The lowest BCUT2D eigenvalue weighted by molar-refractivity contribution is -0.119. The van der Waals surface area contributed by atoms with E-state index >= 15 is 0 Å². The molecule has 0 saturated heterocycles. The molecule has 23 heavy (non-hydrogen) atoms. The number of hydrogen-bond acceptors (Lipinski definition) is 6. The van der Waals surface area contributed by atoms with Gasteiger partial charge in [-0.05, 0) is 25.5 Å². The van der Waals surface area contributed by atoms with Crippen LogP contribution in [0.1, 0.15) is 30.1 Å². The van der Waals surface area contributed by atoms with E-state index in [0.29, 0.717) is 10.0 Å². The van der Waals surface area contributed by atoms with E-state index in [9.17, 15) is 9.59 Å². The molecule has 0 bridgehead atoms. The van der Waals surface area contributed by atoms with Gasteiger partial charge in [-0.15, -0.1) is 10.2 Å². The number of anilines is 1. The maximum atomic E-state index is 12.1. The Morgan fingerprint density at radius 1 is 1.26 bits per heavy atom. The monoisotopic (exact) mass is 350 g/mol. The number of thioether (sulfide) groups is 1. The average Bonchev–Trinajstić information content (AvgIpc) is 3.03. The first-order valence-corrected chi connectivity index (χ1v) is 9.00. The minimum atomic E-state index is -0.301. The van der Waals surface area contributed by atoms with Crippen molar-refractivity contribution in [2.45, 2.75) is 30.6 Å². The van der Waals surface area contributed by atoms with Crippen LogP contribution in [0.15, 0.2) is 34.7 Å². The second-order valence-corrected chi connectivity index (χ2v) is 7.06. The Hall–Kier alpha value is -1.93. The van der Waals surface area contributed by atoms with Crippen LogP contribution >= 0.6 is 23.1 Å². The van der Waals surface area contributed by atoms with Crippen LogP contribution in [0.2, 0.25) is 0 Å². The molecular weight excluding hydrogens is 332 g/mol. The van der Waals surface area contributed by atoms with Gasteiger partial charge >= 0.3 is 0 Å². The number of nitrogens with zero attached hydrogens (tertiary/aromatic N) is 2. The number of carbonyl (C=O) groups is 2. The van der Waals surface area contributed by atoms with Crippen LogP contribution in [0.25, 0.3) is 0 Å². The molecule has 0 unspecified atom stereocenters. The summed E-state index contributed by atoms with van der Waals surface area (Å²) < 4.78 is 0.600. The molecule has 0 aliphatic rings. The second-order valence-electron chi connectivity index (χ2n) is 4.86. The quantitative estimate of drug-likeness (QED) is 0.750.